The van der Waals surface area contributed by atoms with Crippen LogP contribution in [0, 0.1) is 0 Å². The molecule has 0 bridgehead atoms. The summed E-state index contributed by atoms with van der Waals surface area (Å²) in [6.07, 6.45) is 2.21. The highest BCUT2D eigenvalue weighted by atomic mass is 16.5. The van der Waals surface area contributed by atoms with Gasteiger partial charge in [-0.15, -0.1) is 0 Å². The number of methoxy groups -OCH3 is 1. The first kappa shape index (κ1) is 12.4. The van der Waals surface area contributed by atoms with E-state index in [1.54, 1.807) is 18.2 Å². The van der Waals surface area contributed by atoms with Gasteiger partial charge in [-0.05, 0) is 18.6 Å². The van der Waals surface area contributed by atoms with Gasteiger partial charge < -0.3 is 15.2 Å². The Morgan fingerprint density at radius 3 is 2.81 bits per heavy atom. The number of aromatic carboxylic acids is 1. The van der Waals surface area contributed by atoms with E-state index in [-0.39, 0.29) is 5.56 Å². The van der Waals surface area contributed by atoms with Gasteiger partial charge in [0.1, 0.15) is 11.3 Å². The van der Waals surface area contributed by atoms with Gasteiger partial charge in [-0.3, -0.25) is 0 Å². The maximum absolute atomic E-state index is 10.9. The normalized spacial score (nSPS) is 9.88. The van der Waals surface area contributed by atoms with Crippen molar-refractivity contribution in [2.45, 2.75) is 19.8 Å². The lowest BCUT2D eigenvalue weighted by Gasteiger charge is -2.09. The molecule has 0 aromatic heterocycles. The van der Waals surface area contributed by atoms with E-state index in [0.717, 1.165) is 25.1 Å². The van der Waals surface area contributed by atoms with Crippen molar-refractivity contribution in [1.82, 2.24) is 0 Å². The number of benzene rings is 1. The third kappa shape index (κ3) is 3.15. The second-order valence-corrected chi connectivity index (χ2v) is 3.50. The lowest BCUT2D eigenvalue weighted by molar-refractivity contribution is 0.0693. The number of carboxylic acid groups (broad SMARTS) is 1. The van der Waals surface area contributed by atoms with E-state index in [4.69, 9.17) is 9.84 Å². The molecule has 0 unspecified atom stereocenters. The minimum Gasteiger partial charge on any atom is -0.496 e. The average molecular weight is 223 g/mol. The van der Waals surface area contributed by atoms with E-state index in [1.165, 1.54) is 7.11 Å². The Bertz CT molecular complexity index is 363. The van der Waals surface area contributed by atoms with E-state index < -0.39 is 5.97 Å². The molecule has 4 heteroatoms. The molecule has 16 heavy (non-hydrogen) atoms. The molecular weight excluding hydrogens is 206 g/mol. The predicted octanol–water partition coefficient (Wildman–Crippen LogP) is 2.61. The smallest absolute Gasteiger partial charge is 0.339 e. The first-order valence-corrected chi connectivity index (χ1v) is 5.34. The van der Waals surface area contributed by atoms with Crippen molar-refractivity contribution in [2.75, 3.05) is 19.0 Å². The SMILES string of the molecule is CCCCNc1ccc(C(=O)O)c(OC)c1. The van der Waals surface area contributed by atoms with Crippen LogP contribution in [-0.4, -0.2) is 24.7 Å². The summed E-state index contributed by atoms with van der Waals surface area (Å²) in [5, 5.41) is 12.1. The molecule has 2 N–H and O–H groups in total. The van der Waals surface area contributed by atoms with Crippen LogP contribution in [-0.2, 0) is 0 Å². The monoisotopic (exact) mass is 223 g/mol. The summed E-state index contributed by atoms with van der Waals surface area (Å²) in [5.74, 6) is -0.592. The quantitative estimate of drug-likeness (QED) is 0.728. The summed E-state index contributed by atoms with van der Waals surface area (Å²) in [5.41, 5.74) is 1.07. The first-order valence-electron chi connectivity index (χ1n) is 5.34. The summed E-state index contributed by atoms with van der Waals surface area (Å²) < 4.78 is 5.03. The molecule has 0 saturated carbocycles. The predicted molar refractivity (Wildman–Crippen MR) is 63.4 cm³/mol. The van der Waals surface area contributed by atoms with Crippen LogP contribution in [0.1, 0.15) is 30.1 Å². The molecule has 1 aromatic carbocycles. The van der Waals surface area contributed by atoms with Crippen molar-refractivity contribution in [3.8, 4) is 5.75 Å². The van der Waals surface area contributed by atoms with Gasteiger partial charge in [0, 0.05) is 18.3 Å². The fourth-order valence-corrected chi connectivity index (χ4v) is 1.39. The zero-order valence-electron chi connectivity index (χ0n) is 9.62. The Balaban J connectivity index is 2.78. The number of anilines is 1. The Morgan fingerprint density at radius 2 is 2.25 bits per heavy atom. The second-order valence-electron chi connectivity index (χ2n) is 3.50. The number of hydrogen-bond acceptors (Lipinski definition) is 3. The lowest BCUT2D eigenvalue weighted by Crippen LogP contribution is -2.04. The molecule has 0 atom stereocenters. The maximum atomic E-state index is 10.9. The Morgan fingerprint density at radius 1 is 1.50 bits per heavy atom. The van der Waals surface area contributed by atoms with Crippen LogP contribution in [0.15, 0.2) is 18.2 Å². The molecule has 0 spiro atoms. The zero-order valence-corrected chi connectivity index (χ0v) is 9.62. The van der Waals surface area contributed by atoms with Crippen molar-refractivity contribution in [2.24, 2.45) is 0 Å². The maximum Gasteiger partial charge on any atom is 0.339 e. The molecule has 1 rings (SSSR count). The van der Waals surface area contributed by atoms with Gasteiger partial charge in [0.15, 0.2) is 0 Å². The Labute approximate surface area is 95.2 Å². The molecule has 88 valence electrons. The highest BCUT2D eigenvalue weighted by molar-refractivity contribution is 5.91. The van der Waals surface area contributed by atoms with Crippen molar-refractivity contribution in [3.63, 3.8) is 0 Å². The number of hydrogen-bond donors (Lipinski definition) is 2. The van der Waals surface area contributed by atoms with Crippen LogP contribution in [0.3, 0.4) is 0 Å². The van der Waals surface area contributed by atoms with Gasteiger partial charge in [0.05, 0.1) is 7.11 Å². The van der Waals surface area contributed by atoms with E-state index in [0.29, 0.717) is 5.75 Å². The van der Waals surface area contributed by atoms with Crippen LogP contribution in [0.25, 0.3) is 0 Å². The van der Waals surface area contributed by atoms with E-state index in [2.05, 4.69) is 12.2 Å². The number of carbonyl (C=O) groups is 1. The van der Waals surface area contributed by atoms with E-state index in [1.807, 2.05) is 0 Å². The van der Waals surface area contributed by atoms with Crippen LogP contribution < -0.4 is 10.1 Å². The highest BCUT2D eigenvalue weighted by Gasteiger charge is 2.10. The molecule has 0 amide bonds. The van der Waals surface area contributed by atoms with E-state index >= 15 is 0 Å². The molecule has 0 aliphatic heterocycles. The largest absolute Gasteiger partial charge is 0.496 e. The van der Waals surface area contributed by atoms with Gasteiger partial charge >= 0.3 is 5.97 Å². The number of rotatable bonds is 6. The van der Waals surface area contributed by atoms with Gasteiger partial charge in [-0.1, -0.05) is 13.3 Å². The third-order valence-corrected chi connectivity index (χ3v) is 2.29. The van der Waals surface area contributed by atoms with Crippen LogP contribution in [0.2, 0.25) is 0 Å². The van der Waals surface area contributed by atoms with Crippen molar-refractivity contribution in [1.29, 1.82) is 0 Å². The molecule has 0 radical (unpaired) electrons. The van der Waals surface area contributed by atoms with Gasteiger partial charge in [0.25, 0.3) is 0 Å². The Hall–Kier alpha value is -1.71. The van der Waals surface area contributed by atoms with Gasteiger partial charge in [0.2, 0.25) is 0 Å². The molecule has 4 nitrogen and oxygen atoms in total. The fraction of sp³-hybridized carbons (Fsp3) is 0.417. The minimum absolute atomic E-state index is 0.184. The van der Waals surface area contributed by atoms with E-state index in [9.17, 15) is 4.79 Å². The zero-order chi connectivity index (χ0) is 12.0. The molecular formula is C12H17NO3. The number of carboxylic acids is 1. The molecule has 0 saturated heterocycles. The molecule has 0 aliphatic rings. The standard InChI is InChI=1S/C12H17NO3/c1-3-4-7-13-9-5-6-10(12(14)15)11(8-9)16-2/h5-6,8,13H,3-4,7H2,1-2H3,(H,14,15). The number of unbranched alkanes of at least 4 members (excludes halogenated alkanes) is 1. The fourth-order valence-electron chi connectivity index (χ4n) is 1.39. The number of nitrogens with one attached hydrogen (secondary N) is 1. The topological polar surface area (TPSA) is 58.6 Å². The molecule has 1 aromatic rings. The summed E-state index contributed by atoms with van der Waals surface area (Å²) in [6.45, 7) is 3.00. The minimum atomic E-state index is -0.975. The van der Waals surface area contributed by atoms with Crippen molar-refractivity contribution < 1.29 is 14.6 Å². The Kier molecular flexibility index (Phi) is 4.64. The average Bonchev–Trinajstić information content (AvgIpc) is 2.29. The van der Waals surface area contributed by atoms with Gasteiger partial charge in [-0.2, -0.15) is 0 Å². The summed E-state index contributed by atoms with van der Waals surface area (Å²) in [7, 11) is 1.47. The highest BCUT2D eigenvalue weighted by Crippen LogP contribution is 2.23. The molecule has 0 heterocycles. The molecule has 0 fully saturated rings. The second kappa shape index (κ2) is 6.00. The van der Waals surface area contributed by atoms with Crippen LogP contribution >= 0.6 is 0 Å². The lowest BCUT2D eigenvalue weighted by atomic mass is 10.2. The first-order chi connectivity index (χ1) is 7.69. The third-order valence-electron chi connectivity index (χ3n) is 2.29. The summed E-state index contributed by atoms with van der Waals surface area (Å²) >= 11 is 0. The summed E-state index contributed by atoms with van der Waals surface area (Å²) in [4.78, 5) is 10.9. The number of ether oxygens (including phenoxy) is 1. The summed E-state index contributed by atoms with van der Waals surface area (Å²) in [6, 6.07) is 5.01. The van der Waals surface area contributed by atoms with Gasteiger partial charge in [-0.25, -0.2) is 4.79 Å². The van der Waals surface area contributed by atoms with Crippen LogP contribution in [0.4, 0.5) is 5.69 Å². The van der Waals surface area contributed by atoms with Crippen molar-refractivity contribution in [3.05, 3.63) is 23.8 Å². The molecule has 0 aliphatic carbocycles. The van der Waals surface area contributed by atoms with Crippen LogP contribution in [0.5, 0.6) is 5.75 Å². The van der Waals surface area contributed by atoms with Crippen molar-refractivity contribution >= 4 is 11.7 Å².